The summed E-state index contributed by atoms with van der Waals surface area (Å²) in [5, 5.41) is 3.08. The molecule has 19 heavy (non-hydrogen) atoms. The van der Waals surface area contributed by atoms with Gasteiger partial charge in [-0.15, -0.1) is 11.3 Å². The zero-order chi connectivity index (χ0) is 13.1. The molecule has 96 valence electrons. The summed E-state index contributed by atoms with van der Waals surface area (Å²) in [6.07, 6.45) is 6.44. The van der Waals surface area contributed by atoms with E-state index >= 15 is 0 Å². The predicted octanol–water partition coefficient (Wildman–Crippen LogP) is 2.56. The molecule has 0 bridgehead atoms. The van der Waals surface area contributed by atoms with Gasteiger partial charge in [-0.25, -0.2) is 9.97 Å². The Morgan fingerprint density at radius 2 is 1.95 bits per heavy atom. The van der Waals surface area contributed by atoms with Gasteiger partial charge in [0, 0.05) is 36.2 Å². The highest BCUT2D eigenvalue weighted by molar-refractivity contribution is 7.09. The number of imidazole rings is 1. The zero-order valence-electron chi connectivity index (χ0n) is 10.4. The van der Waals surface area contributed by atoms with Crippen molar-refractivity contribution in [2.24, 2.45) is 0 Å². The number of hydrogen-bond donors (Lipinski definition) is 1. The number of nitrogens with two attached hydrogens (primary N) is 1. The summed E-state index contributed by atoms with van der Waals surface area (Å²) in [4.78, 5) is 8.71. The van der Waals surface area contributed by atoms with Gasteiger partial charge in [-0.05, 0) is 17.7 Å². The van der Waals surface area contributed by atoms with Crippen molar-refractivity contribution in [3.05, 3.63) is 64.6 Å². The zero-order valence-corrected chi connectivity index (χ0v) is 11.2. The first-order chi connectivity index (χ1) is 9.31. The van der Waals surface area contributed by atoms with E-state index in [1.54, 1.807) is 11.3 Å². The molecule has 0 atom stereocenters. The molecule has 2 heterocycles. The molecule has 5 heteroatoms. The Morgan fingerprint density at radius 1 is 1.11 bits per heavy atom. The number of thiazole rings is 1. The van der Waals surface area contributed by atoms with Crippen LogP contribution in [-0.2, 0) is 13.0 Å². The number of anilines is 1. The maximum Gasteiger partial charge on any atom is 0.115 e. The third-order valence-electron chi connectivity index (χ3n) is 2.93. The van der Waals surface area contributed by atoms with Gasteiger partial charge in [0.1, 0.15) is 5.82 Å². The van der Waals surface area contributed by atoms with Crippen LogP contribution in [0.3, 0.4) is 0 Å². The Morgan fingerprint density at radius 3 is 2.68 bits per heavy atom. The first-order valence-corrected chi connectivity index (χ1v) is 6.92. The third kappa shape index (κ3) is 2.82. The lowest BCUT2D eigenvalue weighted by Gasteiger charge is -2.07. The van der Waals surface area contributed by atoms with Crippen molar-refractivity contribution in [2.45, 2.75) is 13.0 Å². The lowest BCUT2D eigenvalue weighted by atomic mass is 10.2. The summed E-state index contributed by atoms with van der Waals surface area (Å²) in [5.74, 6) is 1.03. The molecule has 0 saturated heterocycles. The van der Waals surface area contributed by atoms with E-state index in [9.17, 15) is 0 Å². The predicted molar refractivity (Wildman–Crippen MR) is 77.1 cm³/mol. The Balaban J connectivity index is 1.78. The van der Waals surface area contributed by atoms with Gasteiger partial charge < -0.3 is 10.3 Å². The molecular weight excluding hydrogens is 256 g/mol. The molecule has 0 aliphatic rings. The first kappa shape index (κ1) is 11.9. The molecule has 0 saturated carbocycles. The molecule has 2 N–H and O–H groups in total. The quantitative estimate of drug-likeness (QED) is 0.741. The van der Waals surface area contributed by atoms with Crippen LogP contribution < -0.4 is 5.73 Å². The standard InChI is InChI=1S/C14H14N4S/c15-12-3-1-11(2-4-12)10-18-7-5-16-13(18)9-14-17-6-8-19-14/h1-8H,9-10,15H2. The summed E-state index contributed by atoms with van der Waals surface area (Å²) < 4.78 is 2.15. The fourth-order valence-electron chi connectivity index (χ4n) is 1.95. The molecule has 0 unspecified atom stereocenters. The van der Waals surface area contributed by atoms with Crippen LogP contribution >= 0.6 is 11.3 Å². The molecular formula is C14H14N4S. The molecule has 1 aromatic carbocycles. The van der Waals surface area contributed by atoms with E-state index < -0.39 is 0 Å². The number of benzene rings is 1. The van der Waals surface area contributed by atoms with E-state index in [1.165, 1.54) is 5.56 Å². The van der Waals surface area contributed by atoms with Crippen LogP contribution in [0.5, 0.6) is 0 Å². The summed E-state index contributed by atoms with van der Waals surface area (Å²) in [6.45, 7) is 0.807. The van der Waals surface area contributed by atoms with Crippen molar-refractivity contribution >= 4 is 17.0 Å². The molecule has 3 rings (SSSR count). The largest absolute Gasteiger partial charge is 0.399 e. The summed E-state index contributed by atoms with van der Waals surface area (Å²) in [5.41, 5.74) is 7.70. The van der Waals surface area contributed by atoms with Crippen molar-refractivity contribution in [1.29, 1.82) is 0 Å². The van der Waals surface area contributed by atoms with E-state index in [0.717, 1.165) is 29.5 Å². The SMILES string of the molecule is Nc1ccc(Cn2ccnc2Cc2nccs2)cc1. The number of hydrogen-bond acceptors (Lipinski definition) is 4. The summed E-state index contributed by atoms with van der Waals surface area (Å²) in [6, 6.07) is 7.94. The van der Waals surface area contributed by atoms with Crippen LogP contribution in [0, 0.1) is 0 Å². The molecule has 0 fully saturated rings. The molecule has 0 aliphatic carbocycles. The maximum absolute atomic E-state index is 5.69. The minimum Gasteiger partial charge on any atom is -0.399 e. The lowest BCUT2D eigenvalue weighted by molar-refractivity contribution is 0.739. The summed E-state index contributed by atoms with van der Waals surface area (Å²) in [7, 11) is 0. The van der Waals surface area contributed by atoms with Gasteiger partial charge in [0.25, 0.3) is 0 Å². The van der Waals surface area contributed by atoms with Gasteiger partial charge in [0.05, 0.1) is 11.4 Å². The molecule has 0 spiro atoms. The van der Waals surface area contributed by atoms with Crippen LogP contribution in [0.1, 0.15) is 16.4 Å². The maximum atomic E-state index is 5.69. The minimum absolute atomic E-state index is 0.777. The van der Waals surface area contributed by atoms with Gasteiger partial charge >= 0.3 is 0 Å². The van der Waals surface area contributed by atoms with Crippen molar-refractivity contribution in [3.63, 3.8) is 0 Å². The number of rotatable bonds is 4. The van der Waals surface area contributed by atoms with E-state index in [2.05, 4.69) is 14.5 Å². The minimum atomic E-state index is 0.777. The highest BCUT2D eigenvalue weighted by Gasteiger charge is 2.06. The Kier molecular flexibility index (Phi) is 3.29. The van der Waals surface area contributed by atoms with Crippen molar-refractivity contribution < 1.29 is 0 Å². The summed E-state index contributed by atoms with van der Waals surface area (Å²) >= 11 is 1.66. The van der Waals surface area contributed by atoms with Gasteiger partial charge in [-0.1, -0.05) is 12.1 Å². The van der Waals surface area contributed by atoms with Crippen molar-refractivity contribution in [1.82, 2.24) is 14.5 Å². The Labute approximate surface area is 115 Å². The first-order valence-electron chi connectivity index (χ1n) is 6.04. The monoisotopic (exact) mass is 270 g/mol. The van der Waals surface area contributed by atoms with Crippen molar-refractivity contribution in [2.75, 3.05) is 5.73 Å². The second-order valence-corrected chi connectivity index (χ2v) is 5.29. The second-order valence-electron chi connectivity index (χ2n) is 4.32. The molecule has 0 amide bonds. The second kappa shape index (κ2) is 5.24. The topological polar surface area (TPSA) is 56.7 Å². The molecule has 0 radical (unpaired) electrons. The third-order valence-corrected chi connectivity index (χ3v) is 3.71. The van der Waals surface area contributed by atoms with E-state index in [0.29, 0.717) is 0 Å². The lowest BCUT2D eigenvalue weighted by Crippen LogP contribution is -2.05. The normalized spacial score (nSPS) is 10.7. The highest BCUT2D eigenvalue weighted by atomic mass is 32.1. The van der Waals surface area contributed by atoms with E-state index in [-0.39, 0.29) is 0 Å². The van der Waals surface area contributed by atoms with Gasteiger partial charge in [-0.3, -0.25) is 0 Å². The van der Waals surface area contributed by atoms with Crippen LogP contribution in [0.4, 0.5) is 5.69 Å². The van der Waals surface area contributed by atoms with E-state index in [1.807, 2.05) is 48.2 Å². The fourth-order valence-corrected chi connectivity index (χ4v) is 2.56. The van der Waals surface area contributed by atoms with Gasteiger partial charge in [-0.2, -0.15) is 0 Å². The van der Waals surface area contributed by atoms with Crippen LogP contribution in [0.2, 0.25) is 0 Å². The van der Waals surface area contributed by atoms with Gasteiger partial charge in [0.2, 0.25) is 0 Å². The molecule has 2 aromatic heterocycles. The van der Waals surface area contributed by atoms with Crippen LogP contribution in [-0.4, -0.2) is 14.5 Å². The number of nitrogens with zero attached hydrogens (tertiary/aromatic N) is 3. The Bertz CT molecular complexity index is 640. The molecule has 4 nitrogen and oxygen atoms in total. The number of nitrogen functional groups attached to an aromatic ring is 1. The average Bonchev–Trinajstić information content (AvgIpc) is 3.06. The smallest absolute Gasteiger partial charge is 0.115 e. The van der Waals surface area contributed by atoms with Crippen LogP contribution in [0.15, 0.2) is 48.2 Å². The van der Waals surface area contributed by atoms with Gasteiger partial charge in [0.15, 0.2) is 0 Å². The van der Waals surface area contributed by atoms with Crippen molar-refractivity contribution in [3.8, 4) is 0 Å². The van der Waals surface area contributed by atoms with E-state index in [4.69, 9.17) is 5.73 Å². The van der Waals surface area contributed by atoms with Crippen LogP contribution in [0.25, 0.3) is 0 Å². The molecule has 0 aliphatic heterocycles. The average molecular weight is 270 g/mol. The number of aromatic nitrogens is 3. The highest BCUT2D eigenvalue weighted by Crippen LogP contribution is 2.13. The Hall–Kier alpha value is -2.14. The molecule has 3 aromatic rings. The fraction of sp³-hybridized carbons (Fsp3) is 0.143.